The average molecular weight is 386 g/mol. The Morgan fingerprint density at radius 3 is 2.33 bits per heavy atom. The van der Waals surface area contributed by atoms with E-state index in [1.807, 2.05) is 37.3 Å². The molecule has 6 nitrogen and oxygen atoms in total. The highest BCUT2D eigenvalue weighted by Crippen LogP contribution is 2.18. The summed E-state index contributed by atoms with van der Waals surface area (Å²) in [6, 6.07) is 15.7. The van der Waals surface area contributed by atoms with E-state index in [1.165, 1.54) is 0 Å². The van der Waals surface area contributed by atoms with Crippen molar-refractivity contribution in [3.05, 3.63) is 71.3 Å². The van der Waals surface area contributed by atoms with Crippen LogP contribution in [0.3, 0.4) is 0 Å². The molecule has 2 aromatic rings. The molecule has 0 aromatic heterocycles. The molecule has 1 aliphatic rings. The topological polar surface area (TPSA) is 79.8 Å². The van der Waals surface area contributed by atoms with E-state index < -0.39 is 11.9 Å². The lowest BCUT2D eigenvalue weighted by Gasteiger charge is -2.19. The van der Waals surface area contributed by atoms with Crippen LogP contribution in [0.2, 0.25) is 0 Å². The Hall–Kier alpha value is -2.86. The molecule has 0 bridgehead atoms. The van der Waals surface area contributed by atoms with Gasteiger partial charge in [-0.1, -0.05) is 66.1 Å². The number of amides is 2. The van der Waals surface area contributed by atoms with E-state index >= 15 is 0 Å². The zero-order chi connectivity index (χ0) is 19.2. The van der Waals surface area contributed by atoms with Gasteiger partial charge in [-0.2, -0.15) is 0 Å². The lowest BCUT2D eigenvalue weighted by Crippen LogP contribution is -2.40. The maximum absolute atomic E-state index is 12.8. The zero-order valence-electron chi connectivity index (χ0n) is 14.8. The van der Waals surface area contributed by atoms with E-state index in [1.54, 1.807) is 24.3 Å². The van der Waals surface area contributed by atoms with E-state index in [9.17, 15) is 9.59 Å². The van der Waals surface area contributed by atoms with Gasteiger partial charge in [-0.15, -0.1) is 0 Å². The van der Waals surface area contributed by atoms with Crippen LogP contribution in [0.25, 0.3) is 0 Å². The first-order valence-electron chi connectivity index (χ1n) is 8.71. The minimum absolute atomic E-state index is 0.139. The van der Waals surface area contributed by atoms with E-state index in [0.29, 0.717) is 5.56 Å². The van der Waals surface area contributed by atoms with Gasteiger partial charge in [-0.25, -0.2) is 0 Å². The van der Waals surface area contributed by atoms with Crippen LogP contribution in [0.5, 0.6) is 0 Å². The molecule has 0 radical (unpaired) electrons. The van der Waals surface area contributed by atoms with Crippen molar-refractivity contribution in [2.75, 3.05) is 6.61 Å². The first-order valence-corrected chi connectivity index (χ1v) is 9.09. The van der Waals surface area contributed by atoms with E-state index in [-0.39, 0.29) is 29.3 Å². The third-order valence-electron chi connectivity index (χ3n) is 4.32. The summed E-state index contributed by atoms with van der Waals surface area (Å²) in [5.41, 5.74) is 1.59. The highest BCUT2D eigenvalue weighted by atomic mass is 35.5. The number of carbonyl (C=O) groups excluding carboxylic acids is 2. The van der Waals surface area contributed by atoms with Gasteiger partial charge in [0.15, 0.2) is 5.17 Å². The molecule has 0 fully saturated rings. The van der Waals surface area contributed by atoms with Gasteiger partial charge < -0.3 is 15.5 Å². The maximum Gasteiger partial charge on any atom is 0.252 e. The molecule has 140 valence electrons. The number of hydrogen-bond donors (Lipinski definition) is 2. The minimum Gasteiger partial charge on any atom is -0.392 e. The number of hydrogen-bond acceptors (Lipinski definition) is 4. The predicted molar refractivity (Wildman–Crippen MR) is 104 cm³/mol. The fourth-order valence-electron chi connectivity index (χ4n) is 2.86. The van der Waals surface area contributed by atoms with Crippen LogP contribution in [0, 0.1) is 0 Å². The van der Waals surface area contributed by atoms with Gasteiger partial charge in [0.2, 0.25) is 0 Å². The summed E-state index contributed by atoms with van der Waals surface area (Å²) in [6.07, 6.45) is 0.732. The largest absolute Gasteiger partial charge is 0.392 e. The standard InChI is InChI=1S/C20H20ClN3O3/c1-2-16(13-8-4-3-5-9-13)22-19(25)14-10-6-7-11-15(14)20(26)23-17-12-27-24-18(17)21/h3-11,16-17H,2,12H2,1H3,(H,22,25)(H,23,26). The van der Waals surface area contributed by atoms with Gasteiger partial charge in [0.05, 0.1) is 17.2 Å². The molecule has 0 saturated heterocycles. The normalized spacial score (nSPS) is 16.8. The maximum atomic E-state index is 12.8. The molecule has 27 heavy (non-hydrogen) atoms. The molecule has 7 heteroatoms. The lowest BCUT2D eigenvalue weighted by atomic mass is 10.0. The van der Waals surface area contributed by atoms with Crippen molar-refractivity contribution < 1.29 is 14.4 Å². The van der Waals surface area contributed by atoms with Gasteiger partial charge in [-0.3, -0.25) is 9.59 Å². The second-order valence-corrected chi connectivity index (χ2v) is 6.51. The third kappa shape index (κ3) is 4.46. The summed E-state index contributed by atoms with van der Waals surface area (Å²) >= 11 is 5.90. The molecule has 1 aliphatic heterocycles. The van der Waals surface area contributed by atoms with Crippen molar-refractivity contribution in [3.8, 4) is 0 Å². The summed E-state index contributed by atoms with van der Waals surface area (Å²) in [5.74, 6) is -0.712. The number of nitrogens with one attached hydrogen (secondary N) is 2. The van der Waals surface area contributed by atoms with Crippen LogP contribution in [0.4, 0.5) is 0 Å². The first-order chi connectivity index (χ1) is 13.1. The number of halogens is 1. The fourth-order valence-corrected chi connectivity index (χ4v) is 3.03. The van der Waals surface area contributed by atoms with Crippen molar-refractivity contribution in [1.82, 2.24) is 10.6 Å². The Kier molecular flexibility index (Phi) is 6.08. The van der Waals surface area contributed by atoms with Crippen LogP contribution in [-0.4, -0.2) is 29.6 Å². The van der Waals surface area contributed by atoms with E-state index in [2.05, 4.69) is 15.8 Å². The van der Waals surface area contributed by atoms with Crippen molar-refractivity contribution in [3.63, 3.8) is 0 Å². The van der Waals surface area contributed by atoms with Crippen molar-refractivity contribution in [1.29, 1.82) is 0 Å². The smallest absolute Gasteiger partial charge is 0.252 e. The summed E-state index contributed by atoms with van der Waals surface area (Å²) < 4.78 is 0. The highest BCUT2D eigenvalue weighted by Gasteiger charge is 2.26. The molecule has 2 atom stereocenters. The predicted octanol–water partition coefficient (Wildman–Crippen LogP) is 3.25. The molecule has 2 N–H and O–H groups in total. The van der Waals surface area contributed by atoms with Gasteiger partial charge >= 0.3 is 0 Å². The fraction of sp³-hybridized carbons (Fsp3) is 0.250. The summed E-state index contributed by atoms with van der Waals surface area (Å²) in [7, 11) is 0. The van der Waals surface area contributed by atoms with Crippen LogP contribution < -0.4 is 10.6 Å². The Bertz CT molecular complexity index is 855. The SMILES string of the molecule is CCC(NC(=O)c1ccccc1C(=O)NC1CON=C1Cl)c1ccccc1. The molecule has 3 rings (SSSR count). The minimum atomic E-state index is -0.511. The van der Waals surface area contributed by atoms with Crippen LogP contribution in [-0.2, 0) is 4.84 Å². The molecular weight excluding hydrogens is 366 g/mol. The van der Waals surface area contributed by atoms with Gasteiger partial charge in [0.25, 0.3) is 11.8 Å². The van der Waals surface area contributed by atoms with E-state index in [4.69, 9.17) is 16.4 Å². The van der Waals surface area contributed by atoms with Gasteiger partial charge in [0, 0.05) is 0 Å². The average Bonchev–Trinajstić information content (AvgIpc) is 3.11. The molecular formula is C20H20ClN3O3. The second kappa shape index (κ2) is 8.68. The number of nitrogens with zero attached hydrogens (tertiary/aromatic N) is 1. The van der Waals surface area contributed by atoms with Crippen molar-refractivity contribution in [2.45, 2.75) is 25.4 Å². The molecule has 1 heterocycles. The Labute approximate surface area is 162 Å². The first kappa shape index (κ1) is 18.9. The Balaban J connectivity index is 1.77. The summed E-state index contributed by atoms with van der Waals surface area (Å²) in [6.45, 7) is 2.17. The van der Waals surface area contributed by atoms with Crippen LogP contribution in [0.15, 0.2) is 59.8 Å². The second-order valence-electron chi connectivity index (χ2n) is 6.13. The van der Waals surface area contributed by atoms with Crippen LogP contribution >= 0.6 is 11.6 Å². The molecule has 0 spiro atoms. The Morgan fingerprint density at radius 2 is 1.74 bits per heavy atom. The molecule has 0 aliphatic carbocycles. The quantitative estimate of drug-likeness (QED) is 0.801. The summed E-state index contributed by atoms with van der Waals surface area (Å²) in [5, 5.41) is 9.51. The summed E-state index contributed by atoms with van der Waals surface area (Å²) in [4.78, 5) is 30.3. The monoisotopic (exact) mass is 385 g/mol. The number of carbonyl (C=O) groups is 2. The molecule has 2 unspecified atom stereocenters. The molecule has 2 amide bonds. The van der Waals surface area contributed by atoms with Gasteiger partial charge in [0.1, 0.15) is 12.6 Å². The number of oxime groups is 1. The Morgan fingerprint density at radius 1 is 1.11 bits per heavy atom. The number of benzene rings is 2. The number of rotatable bonds is 6. The molecule has 2 aromatic carbocycles. The highest BCUT2D eigenvalue weighted by molar-refractivity contribution is 6.67. The van der Waals surface area contributed by atoms with Crippen molar-refractivity contribution in [2.24, 2.45) is 5.16 Å². The van der Waals surface area contributed by atoms with E-state index in [0.717, 1.165) is 12.0 Å². The molecule has 0 saturated carbocycles. The lowest BCUT2D eigenvalue weighted by molar-refractivity contribution is 0.0895. The van der Waals surface area contributed by atoms with Crippen molar-refractivity contribution >= 4 is 28.6 Å². The third-order valence-corrected chi connectivity index (χ3v) is 4.65. The zero-order valence-corrected chi connectivity index (χ0v) is 15.6. The van der Waals surface area contributed by atoms with Gasteiger partial charge in [-0.05, 0) is 24.1 Å². The van der Waals surface area contributed by atoms with Crippen LogP contribution in [0.1, 0.15) is 45.7 Å².